The number of Topliss-reactive ketones (excluding diaryl/α,β-unsaturated/α-hetero) is 1. The van der Waals surface area contributed by atoms with E-state index in [0.717, 1.165) is 30.0 Å². The number of carbonyl (C=O) groups excluding carboxylic acids is 1. The number of ketones is 1. The molecule has 4 nitrogen and oxygen atoms in total. The van der Waals surface area contributed by atoms with Gasteiger partial charge in [0.05, 0.1) is 20.3 Å². The van der Waals surface area contributed by atoms with E-state index < -0.39 is 0 Å². The zero-order chi connectivity index (χ0) is 17.4. The molecule has 3 rings (SSSR count). The average molecular weight is 329 g/mol. The highest BCUT2D eigenvalue weighted by atomic mass is 16.5. The summed E-state index contributed by atoms with van der Waals surface area (Å²) in [5, 5.41) is 0. The van der Waals surface area contributed by atoms with Crippen molar-refractivity contribution in [1.29, 1.82) is 0 Å². The molecule has 0 aliphatic carbocycles. The lowest BCUT2D eigenvalue weighted by molar-refractivity contribution is -0.121. The molecule has 4 heteroatoms. The largest absolute Gasteiger partial charge is 0.493 e. The molecule has 1 aromatic carbocycles. The highest BCUT2D eigenvalue weighted by Crippen LogP contribution is 2.45. The minimum Gasteiger partial charge on any atom is -0.493 e. The normalized spacial score (nSPS) is 25.6. The molecule has 1 aromatic rings. The summed E-state index contributed by atoms with van der Waals surface area (Å²) in [5.41, 5.74) is 3.36. The molecule has 2 atom stereocenters. The molecule has 0 aromatic heterocycles. The molecule has 2 unspecified atom stereocenters. The maximum absolute atomic E-state index is 12.7. The number of methoxy groups -OCH3 is 2. The van der Waals surface area contributed by atoms with Crippen molar-refractivity contribution < 1.29 is 14.3 Å². The van der Waals surface area contributed by atoms with Gasteiger partial charge in [0.25, 0.3) is 0 Å². The van der Waals surface area contributed by atoms with Gasteiger partial charge in [-0.3, -0.25) is 9.69 Å². The zero-order valence-electron chi connectivity index (χ0n) is 15.3. The first-order valence-corrected chi connectivity index (χ1v) is 8.71. The van der Waals surface area contributed by atoms with Crippen LogP contribution in [-0.4, -0.2) is 37.5 Å². The highest BCUT2D eigenvalue weighted by Gasteiger charge is 2.43. The van der Waals surface area contributed by atoms with E-state index in [1.807, 2.05) is 13.0 Å². The SMILES string of the molecule is C/C=C1/C(=O)CC(C(C)C)N2CCc3cc(OC)c(OC)cc3C12. The van der Waals surface area contributed by atoms with Gasteiger partial charge in [0.15, 0.2) is 17.3 Å². The number of allylic oxidation sites excluding steroid dienone is 1. The molecule has 1 fully saturated rings. The van der Waals surface area contributed by atoms with Crippen LogP contribution in [-0.2, 0) is 11.2 Å². The van der Waals surface area contributed by atoms with E-state index in [2.05, 4.69) is 30.9 Å². The van der Waals surface area contributed by atoms with Crippen LogP contribution in [0.1, 0.15) is 44.4 Å². The van der Waals surface area contributed by atoms with Gasteiger partial charge in [-0.1, -0.05) is 19.9 Å². The number of ether oxygens (including phenoxy) is 2. The minimum absolute atomic E-state index is 0.0345. The Morgan fingerprint density at radius 1 is 1.21 bits per heavy atom. The molecule has 2 aliphatic heterocycles. The van der Waals surface area contributed by atoms with Gasteiger partial charge < -0.3 is 9.47 Å². The van der Waals surface area contributed by atoms with E-state index in [-0.39, 0.29) is 11.8 Å². The summed E-state index contributed by atoms with van der Waals surface area (Å²) in [7, 11) is 3.32. The molecule has 0 bridgehead atoms. The van der Waals surface area contributed by atoms with Crippen molar-refractivity contribution in [3.8, 4) is 11.5 Å². The van der Waals surface area contributed by atoms with Crippen LogP contribution in [0.3, 0.4) is 0 Å². The predicted octanol–water partition coefficient (Wildman–Crippen LogP) is 3.55. The molecule has 0 radical (unpaired) electrons. The molecular weight excluding hydrogens is 302 g/mol. The first-order chi connectivity index (χ1) is 11.5. The average Bonchev–Trinajstić information content (AvgIpc) is 2.59. The Labute approximate surface area is 144 Å². The topological polar surface area (TPSA) is 38.8 Å². The van der Waals surface area contributed by atoms with Crippen LogP contribution in [0.4, 0.5) is 0 Å². The van der Waals surface area contributed by atoms with E-state index in [1.54, 1.807) is 14.2 Å². The third-order valence-corrected chi connectivity index (χ3v) is 5.43. The van der Waals surface area contributed by atoms with E-state index in [0.29, 0.717) is 18.4 Å². The third kappa shape index (κ3) is 2.63. The van der Waals surface area contributed by atoms with Crippen molar-refractivity contribution in [2.75, 3.05) is 20.8 Å². The van der Waals surface area contributed by atoms with Crippen LogP contribution in [0.15, 0.2) is 23.8 Å². The summed E-state index contributed by atoms with van der Waals surface area (Å²) in [4.78, 5) is 15.2. The van der Waals surface area contributed by atoms with Crippen molar-refractivity contribution in [2.24, 2.45) is 5.92 Å². The Kier molecular flexibility index (Phi) is 4.68. The fourth-order valence-electron chi connectivity index (χ4n) is 4.18. The van der Waals surface area contributed by atoms with Crippen LogP contribution < -0.4 is 9.47 Å². The standard InChI is InChI=1S/C20H27NO3/c1-6-14-17(22)11-16(12(2)3)21-8-7-13-9-18(23-4)19(24-5)10-15(13)20(14)21/h6,9-10,12,16,20H,7-8,11H2,1-5H3/b14-6-. The number of nitrogens with zero attached hydrogens (tertiary/aromatic N) is 1. The number of fused-ring (bicyclic) bond motifs is 3. The molecule has 0 amide bonds. The zero-order valence-corrected chi connectivity index (χ0v) is 15.3. The number of carbonyl (C=O) groups is 1. The van der Waals surface area contributed by atoms with E-state index in [9.17, 15) is 4.79 Å². The number of hydrogen-bond donors (Lipinski definition) is 0. The summed E-state index contributed by atoms with van der Waals surface area (Å²) in [6, 6.07) is 4.46. The molecule has 0 N–H and O–H groups in total. The molecule has 0 saturated carbocycles. The highest BCUT2D eigenvalue weighted by molar-refractivity contribution is 5.98. The maximum Gasteiger partial charge on any atom is 0.162 e. The van der Waals surface area contributed by atoms with E-state index in [1.165, 1.54) is 11.1 Å². The second-order valence-electron chi connectivity index (χ2n) is 6.98. The Morgan fingerprint density at radius 3 is 2.46 bits per heavy atom. The Bertz CT molecular complexity index is 678. The fourth-order valence-corrected chi connectivity index (χ4v) is 4.18. The minimum atomic E-state index is 0.0345. The molecule has 2 heterocycles. The molecule has 130 valence electrons. The van der Waals surface area contributed by atoms with Crippen molar-refractivity contribution >= 4 is 5.78 Å². The fraction of sp³-hybridized carbons (Fsp3) is 0.550. The van der Waals surface area contributed by atoms with Crippen LogP contribution in [0.25, 0.3) is 0 Å². The van der Waals surface area contributed by atoms with Crippen LogP contribution in [0.2, 0.25) is 0 Å². The Morgan fingerprint density at radius 2 is 1.88 bits per heavy atom. The number of rotatable bonds is 3. The summed E-state index contributed by atoms with van der Waals surface area (Å²) in [6.07, 6.45) is 3.58. The van der Waals surface area contributed by atoms with Crippen LogP contribution in [0, 0.1) is 5.92 Å². The van der Waals surface area contributed by atoms with Gasteiger partial charge in [-0.2, -0.15) is 0 Å². The summed E-state index contributed by atoms with van der Waals surface area (Å²) >= 11 is 0. The number of piperidine rings is 1. The smallest absolute Gasteiger partial charge is 0.162 e. The van der Waals surface area contributed by atoms with Crippen molar-refractivity contribution in [3.05, 3.63) is 34.9 Å². The van der Waals surface area contributed by atoms with Crippen molar-refractivity contribution in [3.63, 3.8) is 0 Å². The van der Waals surface area contributed by atoms with E-state index >= 15 is 0 Å². The lowest BCUT2D eigenvalue weighted by Gasteiger charge is -2.48. The lowest BCUT2D eigenvalue weighted by Crippen LogP contribution is -2.51. The van der Waals surface area contributed by atoms with Crippen molar-refractivity contribution in [1.82, 2.24) is 4.90 Å². The first kappa shape index (κ1) is 17.0. The number of benzene rings is 1. The van der Waals surface area contributed by atoms with Gasteiger partial charge in [-0.15, -0.1) is 0 Å². The van der Waals surface area contributed by atoms with Gasteiger partial charge in [-0.25, -0.2) is 0 Å². The quantitative estimate of drug-likeness (QED) is 0.795. The van der Waals surface area contributed by atoms with Gasteiger partial charge in [-0.05, 0) is 42.5 Å². The maximum atomic E-state index is 12.7. The second kappa shape index (κ2) is 6.60. The first-order valence-electron chi connectivity index (χ1n) is 8.71. The van der Waals surface area contributed by atoms with Gasteiger partial charge in [0, 0.05) is 24.6 Å². The summed E-state index contributed by atoms with van der Waals surface area (Å²) in [6.45, 7) is 7.36. The molecule has 2 aliphatic rings. The number of hydrogen-bond acceptors (Lipinski definition) is 4. The summed E-state index contributed by atoms with van der Waals surface area (Å²) in [5.74, 6) is 2.22. The van der Waals surface area contributed by atoms with Gasteiger partial charge in [0.2, 0.25) is 0 Å². The van der Waals surface area contributed by atoms with Crippen molar-refractivity contribution in [2.45, 2.75) is 45.7 Å². The summed E-state index contributed by atoms with van der Waals surface area (Å²) < 4.78 is 11.0. The monoisotopic (exact) mass is 329 g/mol. The van der Waals surface area contributed by atoms with Gasteiger partial charge >= 0.3 is 0 Å². The lowest BCUT2D eigenvalue weighted by atomic mass is 9.77. The Balaban J connectivity index is 2.14. The third-order valence-electron chi connectivity index (χ3n) is 5.43. The molecule has 1 saturated heterocycles. The molecular formula is C20H27NO3. The van der Waals surface area contributed by atoms with Crippen LogP contribution in [0.5, 0.6) is 11.5 Å². The van der Waals surface area contributed by atoms with Gasteiger partial charge in [0.1, 0.15) is 0 Å². The molecule has 24 heavy (non-hydrogen) atoms. The predicted molar refractivity (Wildman–Crippen MR) is 94.7 cm³/mol. The van der Waals surface area contributed by atoms with Crippen LogP contribution >= 0.6 is 0 Å². The molecule has 0 spiro atoms. The van der Waals surface area contributed by atoms with E-state index in [4.69, 9.17) is 9.47 Å². The second-order valence-corrected chi connectivity index (χ2v) is 6.98. The Hall–Kier alpha value is -1.81.